The summed E-state index contributed by atoms with van der Waals surface area (Å²) in [5.74, 6) is 0.801. The van der Waals surface area contributed by atoms with E-state index in [1.54, 1.807) is 18.2 Å². The molecule has 0 fully saturated rings. The lowest BCUT2D eigenvalue weighted by atomic mass is 10.1. The SMILES string of the molecule is COc1cc(-c2ccc3ncc(N)nc3n2)ccc1O. The van der Waals surface area contributed by atoms with E-state index in [1.165, 1.54) is 13.3 Å². The highest BCUT2D eigenvalue weighted by Gasteiger charge is 2.07. The zero-order chi connectivity index (χ0) is 14.1. The molecule has 3 aromatic rings. The lowest BCUT2D eigenvalue weighted by Gasteiger charge is -2.07. The van der Waals surface area contributed by atoms with E-state index in [1.807, 2.05) is 12.1 Å². The second kappa shape index (κ2) is 4.65. The largest absolute Gasteiger partial charge is 0.504 e. The molecule has 2 aromatic heterocycles. The van der Waals surface area contributed by atoms with Gasteiger partial charge in [0.25, 0.3) is 0 Å². The maximum absolute atomic E-state index is 9.61. The molecule has 3 rings (SSSR count). The van der Waals surface area contributed by atoms with Crippen LogP contribution in [0.15, 0.2) is 36.5 Å². The minimum atomic E-state index is 0.0843. The van der Waals surface area contributed by atoms with Gasteiger partial charge in [-0.05, 0) is 30.3 Å². The molecule has 3 N–H and O–H groups in total. The van der Waals surface area contributed by atoms with Gasteiger partial charge >= 0.3 is 0 Å². The smallest absolute Gasteiger partial charge is 0.180 e. The lowest BCUT2D eigenvalue weighted by Crippen LogP contribution is -1.95. The summed E-state index contributed by atoms with van der Waals surface area (Å²) in [6.45, 7) is 0. The number of nitrogens with zero attached hydrogens (tertiary/aromatic N) is 3. The number of phenolic OH excluding ortho intramolecular Hbond substituents is 1. The first kappa shape index (κ1) is 12.2. The predicted octanol–water partition coefficient (Wildman–Crippen LogP) is 1.99. The Morgan fingerprint density at radius 3 is 2.80 bits per heavy atom. The molecule has 0 aliphatic heterocycles. The van der Waals surface area contributed by atoms with Gasteiger partial charge in [0.15, 0.2) is 17.1 Å². The number of fused-ring (bicyclic) bond motifs is 1. The van der Waals surface area contributed by atoms with E-state index in [0.29, 0.717) is 28.4 Å². The fraction of sp³-hybridized carbons (Fsp3) is 0.0714. The van der Waals surface area contributed by atoms with E-state index < -0.39 is 0 Å². The molecule has 0 amide bonds. The summed E-state index contributed by atoms with van der Waals surface area (Å²) < 4.78 is 5.09. The number of pyridine rings is 1. The molecule has 0 unspecified atom stereocenters. The third-order valence-corrected chi connectivity index (χ3v) is 2.90. The van der Waals surface area contributed by atoms with Crippen molar-refractivity contribution in [1.29, 1.82) is 0 Å². The van der Waals surface area contributed by atoms with E-state index >= 15 is 0 Å². The van der Waals surface area contributed by atoms with Crippen LogP contribution in [0.1, 0.15) is 0 Å². The molecule has 0 saturated heterocycles. The lowest BCUT2D eigenvalue weighted by molar-refractivity contribution is 0.373. The number of rotatable bonds is 2. The summed E-state index contributed by atoms with van der Waals surface area (Å²) in [7, 11) is 1.50. The molecular weight excluding hydrogens is 256 g/mol. The van der Waals surface area contributed by atoms with Crippen LogP contribution in [-0.2, 0) is 0 Å². The van der Waals surface area contributed by atoms with E-state index in [4.69, 9.17) is 10.5 Å². The summed E-state index contributed by atoms with van der Waals surface area (Å²) in [5, 5.41) is 9.61. The molecule has 0 spiro atoms. The minimum Gasteiger partial charge on any atom is -0.504 e. The van der Waals surface area contributed by atoms with Gasteiger partial charge in [-0.1, -0.05) is 0 Å². The number of nitrogens with two attached hydrogens (primary N) is 1. The quantitative estimate of drug-likeness (QED) is 0.738. The maximum atomic E-state index is 9.61. The Bertz CT molecular complexity index is 789. The molecule has 1 aromatic carbocycles. The molecule has 100 valence electrons. The number of nitrogen functional groups attached to an aromatic ring is 1. The second-order valence-corrected chi connectivity index (χ2v) is 4.22. The number of aromatic nitrogens is 3. The predicted molar refractivity (Wildman–Crippen MR) is 75.4 cm³/mol. The topological polar surface area (TPSA) is 94.2 Å². The van der Waals surface area contributed by atoms with Crippen molar-refractivity contribution in [2.45, 2.75) is 0 Å². The Hall–Kier alpha value is -2.89. The molecule has 0 radical (unpaired) electrons. The van der Waals surface area contributed by atoms with Gasteiger partial charge in [-0.2, -0.15) is 0 Å². The first-order valence-electron chi connectivity index (χ1n) is 5.94. The Kier molecular flexibility index (Phi) is 2.83. The third kappa shape index (κ3) is 2.07. The number of hydrogen-bond donors (Lipinski definition) is 2. The van der Waals surface area contributed by atoms with Crippen LogP contribution in [0.2, 0.25) is 0 Å². The van der Waals surface area contributed by atoms with Crippen molar-refractivity contribution in [2.75, 3.05) is 12.8 Å². The van der Waals surface area contributed by atoms with Crippen LogP contribution >= 0.6 is 0 Å². The number of benzene rings is 1. The van der Waals surface area contributed by atoms with E-state index in [9.17, 15) is 5.11 Å². The molecule has 20 heavy (non-hydrogen) atoms. The average Bonchev–Trinajstić information content (AvgIpc) is 2.47. The van der Waals surface area contributed by atoms with Crippen LogP contribution in [0.5, 0.6) is 11.5 Å². The highest BCUT2D eigenvalue weighted by Crippen LogP contribution is 2.31. The Morgan fingerprint density at radius 2 is 2.00 bits per heavy atom. The van der Waals surface area contributed by atoms with E-state index in [-0.39, 0.29) is 5.75 Å². The number of hydrogen-bond acceptors (Lipinski definition) is 6. The molecule has 0 saturated carbocycles. The highest BCUT2D eigenvalue weighted by atomic mass is 16.5. The van der Waals surface area contributed by atoms with Crippen LogP contribution in [0.3, 0.4) is 0 Å². The first-order chi connectivity index (χ1) is 9.67. The molecule has 6 nitrogen and oxygen atoms in total. The Morgan fingerprint density at radius 1 is 1.15 bits per heavy atom. The number of ether oxygens (including phenoxy) is 1. The first-order valence-corrected chi connectivity index (χ1v) is 5.94. The molecule has 6 heteroatoms. The van der Waals surface area contributed by atoms with Crippen molar-refractivity contribution in [2.24, 2.45) is 0 Å². The van der Waals surface area contributed by atoms with Crippen molar-refractivity contribution in [3.63, 3.8) is 0 Å². The zero-order valence-corrected chi connectivity index (χ0v) is 10.7. The van der Waals surface area contributed by atoms with Gasteiger partial charge in [-0.3, -0.25) is 0 Å². The van der Waals surface area contributed by atoms with Gasteiger partial charge in [0.2, 0.25) is 0 Å². The molecule has 0 aliphatic carbocycles. The monoisotopic (exact) mass is 268 g/mol. The standard InChI is InChI=1S/C14H12N4O2/c1-20-12-6-8(2-5-11(12)19)9-3-4-10-14(17-9)18-13(15)7-16-10/h2-7,19H,1H3,(H2,15,17,18). The van der Waals surface area contributed by atoms with Gasteiger partial charge < -0.3 is 15.6 Å². The molecule has 0 bridgehead atoms. The van der Waals surface area contributed by atoms with E-state index in [0.717, 1.165) is 5.56 Å². The van der Waals surface area contributed by atoms with Crippen LogP contribution < -0.4 is 10.5 Å². The normalized spacial score (nSPS) is 10.7. The summed E-state index contributed by atoms with van der Waals surface area (Å²) in [5.41, 5.74) is 8.28. The zero-order valence-electron chi connectivity index (χ0n) is 10.7. The third-order valence-electron chi connectivity index (χ3n) is 2.90. The number of methoxy groups -OCH3 is 1. The number of anilines is 1. The minimum absolute atomic E-state index is 0.0843. The molecular formula is C14H12N4O2. The maximum Gasteiger partial charge on any atom is 0.180 e. The molecule has 0 atom stereocenters. The summed E-state index contributed by atoms with van der Waals surface area (Å²) in [4.78, 5) is 12.7. The highest BCUT2D eigenvalue weighted by molar-refractivity contribution is 5.76. The van der Waals surface area contributed by atoms with Gasteiger partial charge in [0, 0.05) is 5.56 Å². The van der Waals surface area contributed by atoms with Crippen LogP contribution in [0, 0.1) is 0 Å². The van der Waals surface area contributed by atoms with E-state index in [2.05, 4.69) is 15.0 Å². The van der Waals surface area contributed by atoms with Crippen molar-refractivity contribution < 1.29 is 9.84 Å². The van der Waals surface area contributed by atoms with Crippen molar-refractivity contribution in [1.82, 2.24) is 15.0 Å². The molecule has 0 aliphatic rings. The average molecular weight is 268 g/mol. The Labute approximate surface area is 114 Å². The van der Waals surface area contributed by atoms with Crippen molar-refractivity contribution in [3.8, 4) is 22.8 Å². The van der Waals surface area contributed by atoms with Gasteiger partial charge in [0.1, 0.15) is 11.3 Å². The van der Waals surface area contributed by atoms with Gasteiger partial charge in [-0.15, -0.1) is 0 Å². The Balaban J connectivity index is 2.14. The number of phenols is 1. The summed E-state index contributed by atoms with van der Waals surface area (Å²) >= 11 is 0. The fourth-order valence-corrected chi connectivity index (χ4v) is 1.91. The van der Waals surface area contributed by atoms with Crippen molar-refractivity contribution >= 4 is 17.0 Å². The summed E-state index contributed by atoms with van der Waals surface area (Å²) in [6, 6.07) is 8.68. The van der Waals surface area contributed by atoms with Crippen LogP contribution in [-0.4, -0.2) is 27.2 Å². The second-order valence-electron chi connectivity index (χ2n) is 4.22. The number of aromatic hydroxyl groups is 1. The fourth-order valence-electron chi connectivity index (χ4n) is 1.91. The van der Waals surface area contributed by atoms with Crippen LogP contribution in [0.25, 0.3) is 22.4 Å². The van der Waals surface area contributed by atoms with Gasteiger partial charge in [-0.25, -0.2) is 15.0 Å². The van der Waals surface area contributed by atoms with Crippen molar-refractivity contribution in [3.05, 3.63) is 36.5 Å². The summed E-state index contributed by atoms with van der Waals surface area (Å²) in [6.07, 6.45) is 1.49. The van der Waals surface area contributed by atoms with Crippen LogP contribution in [0.4, 0.5) is 5.82 Å². The molecule has 2 heterocycles. The van der Waals surface area contributed by atoms with Gasteiger partial charge in [0.05, 0.1) is 19.0 Å².